The number of hydrogen-bond donors (Lipinski definition) is 1. The number of benzene rings is 1. The van der Waals surface area contributed by atoms with Crippen molar-refractivity contribution in [3.63, 3.8) is 0 Å². The Kier molecular flexibility index (Phi) is 6.71. The highest BCUT2D eigenvalue weighted by molar-refractivity contribution is 6.30. The summed E-state index contributed by atoms with van der Waals surface area (Å²) >= 11 is 5.75. The Hall–Kier alpha value is -2.13. The van der Waals surface area contributed by atoms with Crippen molar-refractivity contribution in [1.29, 1.82) is 0 Å². The zero-order valence-corrected chi connectivity index (χ0v) is 17.4. The smallest absolute Gasteiger partial charge is 0.335 e. The molecule has 0 aliphatic carbocycles. The molecule has 2 aromatic rings. The van der Waals surface area contributed by atoms with E-state index in [1.807, 2.05) is 13.8 Å². The van der Waals surface area contributed by atoms with E-state index in [2.05, 4.69) is 10.4 Å². The lowest BCUT2D eigenvalue weighted by Gasteiger charge is -2.28. The van der Waals surface area contributed by atoms with Crippen LogP contribution in [-0.4, -0.2) is 40.2 Å². The van der Waals surface area contributed by atoms with Crippen molar-refractivity contribution in [1.82, 2.24) is 20.0 Å². The van der Waals surface area contributed by atoms with Gasteiger partial charge in [0.1, 0.15) is 5.82 Å². The number of carbonyl (C=O) groups excluding carboxylic acids is 1. The van der Waals surface area contributed by atoms with Gasteiger partial charge >= 0.3 is 6.18 Å². The lowest BCUT2D eigenvalue weighted by molar-refractivity contribution is -0.142. The van der Waals surface area contributed by atoms with E-state index < -0.39 is 17.7 Å². The predicted octanol–water partition coefficient (Wildman–Crippen LogP) is 3.87. The number of amides is 1. The fourth-order valence-electron chi connectivity index (χ4n) is 3.44. The van der Waals surface area contributed by atoms with Crippen LogP contribution in [-0.2, 0) is 30.5 Å². The third kappa shape index (κ3) is 5.13. The second-order valence-electron chi connectivity index (χ2n) is 7.76. The lowest BCUT2D eigenvalue weighted by atomic mass is 10.0. The van der Waals surface area contributed by atoms with Gasteiger partial charge in [-0.05, 0) is 31.0 Å². The van der Waals surface area contributed by atoms with Gasteiger partial charge in [0.15, 0.2) is 5.69 Å². The normalized spacial score (nSPS) is 14.3. The Morgan fingerprint density at radius 2 is 2.07 bits per heavy atom. The predicted molar refractivity (Wildman–Crippen MR) is 105 cm³/mol. The molecule has 30 heavy (non-hydrogen) atoms. The molecule has 2 heterocycles. The van der Waals surface area contributed by atoms with Crippen molar-refractivity contribution in [2.75, 3.05) is 19.6 Å². The van der Waals surface area contributed by atoms with Crippen molar-refractivity contribution >= 4 is 17.5 Å². The average molecular weight is 447 g/mol. The summed E-state index contributed by atoms with van der Waals surface area (Å²) < 4.78 is 55.8. The Morgan fingerprint density at radius 3 is 2.70 bits per heavy atom. The molecule has 3 rings (SSSR count). The Balaban J connectivity index is 1.86. The Bertz CT molecular complexity index is 926. The molecule has 1 aromatic heterocycles. The number of hydrogen-bond acceptors (Lipinski definition) is 3. The maximum Gasteiger partial charge on any atom is 0.435 e. The molecule has 1 aliphatic heterocycles. The molecule has 0 atom stereocenters. The van der Waals surface area contributed by atoms with Crippen LogP contribution in [0, 0.1) is 11.7 Å². The number of halogens is 5. The van der Waals surface area contributed by atoms with Gasteiger partial charge in [-0.3, -0.25) is 9.48 Å². The lowest BCUT2D eigenvalue weighted by Crippen LogP contribution is -2.42. The number of rotatable bonds is 6. The molecule has 0 fully saturated rings. The average Bonchev–Trinajstić information content (AvgIpc) is 3.02. The van der Waals surface area contributed by atoms with Gasteiger partial charge in [-0.25, -0.2) is 4.39 Å². The first-order valence-electron chi connectivity index (χ1n) is 9.64. The number of aromatic nitrogens is 2. The van der Waals surface area contributed by atoms with E-state index in [9.17, 15) is 22.4 Å². The second kappa shape index (κ2) is 8.93. The van der Waals surface area contributed by atoms with Crippen molar-refractivity contribution in [2.45, 2.75) is 39.5 Å². The van der Waals surface area contributed by atoms with E-state index in [4.69, 9.17) is 11.6 Å². The fourth-order valence-corrected chi connectivity index (χ4v) is 3.60. The number of nitrogens with one attached hydrogen (secondary N) is 1. The first-order chi connectivity index (χ1) is 14.1. The minimum Gasteiger partial charge on any atom is -0.335 e. The molecule has 1 aliphatic rings. The molecular weight excluding hydrogens is 424 g/mol. The summed E-state index contributed by atoms with van der Waals surface area (Å²) in [5, 5.41) is 6.98. The second-order valence-corrected chi connectivity index (χ2v) is 8.19. The standard InChI is InChI=1S/C20H23ClF4N4O/c1-12(2)8-26-9-18(30)28-6-5-15-17(11-28)29(27-19(15)20(23,24)25)10-13-3-4-14(21)7-16(13)22/h3-4,7,12,26H,5-6,8-11H2,1-2H3. The minimum absolute atomic E-state index is 0.00415. The molecule has 10 heteroatoms. The largest absolute Gasteiger partial charge is 0.435 e. The van der Waals surface area contributed by atoms with Crippen LogP contribution in [0.4, 0.5) is 17.6 Å². The van der Waals surface area contributed by atoms with Crippen LogP contribution in [0.25, 0.3) is 0 Å². The molecular formula is C20H23ClF4N4O. The molecule has 1 amide bonds. The van der Waals surface area contributed by atoms with E-state index >= 15 is 0 Å². The highest BCUT2D eigenvalue weighted by atomic mass is 35.5. The molecule has 0 unspecified atom stereocenters. The Labute approximate surface area is 177 Å². The van der Waals surface area contributed by atoms with Gasteiger partial charge in [0.2, 0.25) is 5.91 Å². The summed E-state index contributed by atoms with van der Waals surface area (Å²) in [6.45, 7) is 4.79. The van der Waals surface area contributed by atoms with Crippen molar-refractivity contribution in [3.05, 3.63) is 51.6 Å². The highest BCUT2D eigenvalue weighted by Gasteiger charge is 2.40. The molecule has 0 saturated carbocycles. The summed E-state index contributed by atoms with van der Waals surface area (Å²) in [5.41, 5.74) is -0.464. The van der Waals surface area contributed by atoms with Crippen LogP contribution < -0.4 is 5.32 Å². The van der Waals surface area contributed by atoms with Gasteiger partial charge in [-0.15, -0.1) is 0 Å². The van der Waals surface area contributed by atoms with E-state index in [-0.39, 0.29) is 60.4 Å². The number of carbonyl (C=O) groups is 1. The van der Waals surface area contributed by atoms with Gasteiger partial charge in [-0.1, -0.05) is 31.5 Å². The van der Waals surface area contributed by atoms with Gasteiger partial charge in [0, 0.05) is 22.7 Å². The van der Waals surface area contributed by atoms with E-state index in [0.29, 0.717) is 12.5 Å². The van der Waals surface area contributed by atoms with Crippen LogP contribution in [0.1, 0.15) is 36.4 Å². The topological polar surface area (TPSA) is 50.2 Å². The van der Waals surface area contributed by atoms with Gasteiger partial charge in [0.25, 0.3) is 0 Å². The quantitative estimate of drug-likeness (QED) is 0.685. The SMILES string of the molecule is CC(C)CNCC(=O)N1CCc2c(C(F)(F)F)nn(Cc3ccc(Cl)cc3F)c2C1. The summed E-state index contributed by atoms with van der Waals surface area (Å²) in [6.07, 6.45) is -4.58. The molecule has 164 valence electrons. The van der Waals surface area contributed by atoms with Crippen LogP contribution in [0.3, 0.4) is 0 Å². The number of nitrogens with zero attached hydrogens (tertiary/aromatic N) is 3. The molecule has 1 N–H and O–H groups in total. The van der Waals surface area contributed by atoms with Gasteiger partial charge < -0.3 is 10.2 Å². The molecule has 0 bridgehead atoms. The zero-order valence-electron chi connectivity index (χ0n) is 16.7. The third-order valence-corrected chi connectivity index (χ3v) is 5.16. The van der Waals surface area contributed by atoms with Crippen LogP contribution >= 0.6 is 11.6 Å². The number of alkyl halides is 3. The maximum absolute atomic E-state index is 14.2. The van der Waals surface area contributed by atoms with Crippen molar-refractivity contribution in [3.8, 4) is 0 Å². The molecule has 0 radical (unpaired) electrons. The first kappa shape index (κ1) is 22.6. The molecule has 5 nitrogen and oxygen atoms in total. The third-order valence-electron chi connectivity index (χ3n) is 4.92. The van der Waals surface area contributed by atoms with E-state index in [0.717, 1.165) is 10.7 Å². The van der Waals surface area contributed by atoms with Crippen molar-refractivity contribution in [2.24, 2.45) is 5.92 Å². The van der Waals surface area contributed by atoms with Crippen LogP contribution in [0.15, 0.2) is 18.2 Å². The Morgan fingerprint density at radius 1 is 1.33 bits per heavy atom. The molecule has 0 spiro atoms. The highest BCUT2D eigenvalue weighted by Crippen LogP contribution is 2.35. The summed E-state index contributed by atoms with van der Waals surface area (Å²) in [6, 6.07) is 3.99. The number of fused-ring (bicyclic) bond motifs is 1. The summed E-state index contributed by atoms with van der Waals surface area (Å²) in [7, 11) is 0. The molecule has 1 aromatic carbocycles. The fraction of sp³-hybridized carbons (Fsp3) is 0.500. The summed E-state index contributed by atoms with van der Waals surface area (Å²) in [4.78, 5) is 14.0. The zero-order chi connectivity index (χ0) is 22.1. The minimum atomic E-state index is -4.63. The maximum atomic E-state index is 14.2. The molecule has 0 saturated heterocycles. The van der Waals surface area contributed by atoms with Crippen LogP contribution in [0.2, 0.25) is 5.02 Å². The van der Waals surface area contributed by atoms with E-state index in [1.54, 1.807) is 0 Å². The summed E-state index contributed by atoms with van der Waals surface area (Å²) in [5.74, 6) is -0.446. The monoisotopic (exact) mass is 446 g/mol. The van der Waals surface area contributed by atoms with Crippen molar-refractivity contribution < 1.29 is 22.4 Å². The van der Waals surface area contributed by atoms with Gasteiger partial charge in [-0.2, -0.15) is 18.3 Å². The first-order valence-corrected chi connectivity index (χ1v) is 10.0. The van der Waals surface area contributed by atoms with Gasteiger partial charge in [0.05, 0.1) is 25.3 Å². The van der Waals surface area contributed by atoms with E-state index in [1.165, 1.54) is 17.0 Å². The van der Waals surface area contributed by atoms with Crippen LogP contribution in [0.5, 0.6) is 0 Å².